The van der Waals surface area contributed by atoms with Gasteiger partial charge in [-0.2, -0.15) is 5.26 Å². The molecule has 9 heteroatoms. The number of nitriles is 1. The van der Waals surface area contributed by atoms with Gasteiger partial charge in [-0.1, -0.05) is 42.5 Å². The van der Waals surface area contributed by atoms with Gasteiger partial charge in [-0.3, -0.25) is 20.2 Å². The lowest BCUT2D eigenvalue weighted by atomic mass is 9.78. The first-order chi connectivity index (χ1) is 17.9. The van der Waals surface area contributed by atoms with E-state index in [-0.39, 0.29) is 17.6 Å². The molecule has 1 fully saturated rings. The van der Waals surface area contributed by atoms with Crippen LogP contribution in [0.1, 0.15) is 42.0 Å². The lowest BCUT2D eigenvalue weighted by molar-refractivity contribution is -0.532. The molecule has 2 heterocycles. The molecule has 1 saturated heterocycles. The summed E-state index contributed by atoms with van der Waals surface area (Å²) in [5.41, 5.74) is 1.62. The van der Waals surface area contributed by atoms with Crippen LogP contribution in [0.2, 0.25) is 0 Å². The van der Waals surface area contributed by atoms with Crippen molar-refractivity contribution in [3.63, 3.8) is 0 Å². The van der Waals surface area contributed by atoms with E-state index in [9.17, 15) is 20.2 Å². The number of hydrogen-bond donors (Lipinski definition) is 2. The van der Waals surface area contributed by atoms with E-state index < -0.39 is 23.4 Å². The third kappa shape index (κ3) is 3.96. The average Bonchev–Trinajstić information content (AvgIpc) is 3.36. The largest absolute Gasteiger partial charge is 0.490 e. The third-order valence-corrected chi connectivity index (χ3v) is 7.14. The molecule has 0 unspecified atom stereocenters. The van der Waals surface area contributed by atoms with E-state index in [4.69, 9.17) is 9.47 Å². The van der Waals surface area contributed by atoms with Crippen LogP contribution in [0.5, 0.6) is 11.5 Å². The first kappa shape index (κ1) is 24.3. The highest BCUT2D eigenvalue weighted by Gasteiger charge is 2.67. The van der Waals surface area contributed by atoms with Crippen LogP contribution in [-0.2, 0) is 16.9 Å². The highest BCUT2D eigenvalue weighted by Crippen LogP contribution is 2.50. The van der Waals surface area contributed by atoms with E-state index in [0.717, 1.165) is 5.56 Å². The normalized spacial score (nSPS) is 23.8. The summed E-state index contributed by atoms with van der Waals surface area (Å²) in [4.78, 5) is 25.4. The maximum atomic E-state index is 13.2. The van der Waals surface area contributed by atoms with Crippen LogP contribution in [0, 0.1) is 21.4 Å². The topological polar surface area (TPSA) is 127 Å². The number of nitrogens with zero attached hydrogens (tertiary/aromatic N) is 2. The number of ether oxygens (including phenoxy) is 2. The molecule has 9 nitrogen and oxygen atoms in total. The summed E-state index contributed by atoms with van der Waals surface area (Å²) in [6.45, 7) is 4.23. The Hall–Kier alpha value is -4.42. The van der Waals surface area contributed by atoms with Gasteiger partial charge in [0, 0.05) is 27.8 Å². The predicted molar refractivity (Wildman–Crippen MR) is 136 cm³/mol. The van der Waals surface area contributed by atoms with Crippen molar-refractivity contribution in [2.45, 2.75) is 44.0 Å². The predicted octanol–water partition coefficient (Wildman–Crippen LogP) is 4.10. The number of hydrogen-bond acceptors (Lipinski definition) is 7. The van der Waals surface area contributed by atoms with Crippen LogP contribution in [0.4, 0.5) is 5.69 Å². The van der Waals surface area contributed by atoms with Gasteiger partial charge in [0.1, 0.15) is 6.61 Å². The molecule has 3 aromatic rings. The lowest BCUT2D eigenvalue weighted by Gasteiger charge is -2.25. The fraction of sp³-hybridized carbons (Fsp3) is 0.286. The molecule has 0 radical (unpaired) electrons. The summed E-state index contributed by atoms with van der Waals surface area (Å²) in [5.74, 6) is -0.125. The molecule has 0 aliphatic carbocycles. The van der Waals surface area contributed by atoms with Crippen LogP contribution < -0.4 is 20.1 Å². The maximum absolute atomic E-state index is 13.2. The molecule has 4 atom stereocenters. The number of amides is 1. The number of carbonyl (C=O) groups is 1. The average molecular weight is 499 g/mol. The van der Waals surface area contributed by atoms with Gasteiger partial charge in [-0.15, -0.1) is 0 Å². The fourth-order valence-corrected chi connectivity index (χ4v) is 5.58. The van der Waals surface area contributed by atoms with E-state index in [1.807, 2.05) is 26.0 Å². The number of carbonyl (C=O) groups excluding carboxylic acids is 1. The van der Waals surface area contributed by atoms with Crippen molar-refractivity contribution in [1.29, 1.82) is 5.26 Å². The van der Waals surface area contributed by atoms with Crippen molar-refractivity contribution in [2.24, 2.45) is 0 Å². The van der Waals surface area contributed by atoms with Gasteiger partial charge < -0.3 is 14.8 Å². The van der Waals surface area contributed by atoms with E-state index in [1.54, 1.807) is 54.6 Å². The van der Waals surface area contributed by atoms with Crippen molar-refractivity contribution < 1.29 is 19.2 Å². The van der Waals surface area contributed by atoms with Crippen LogP contribution in [0.15, 0.2) is 66.7 Å². The summed E-state index contributed by atoms with van der Waals surface area (Å²) in [5, 5.41) is 28.0. The van der Waals surface area contributed by atoms with Crippen molar-refractivity contribution in [1.82, 2.24) is 5.32 Å². The molecule has 188 valence electrons. The van der Waals surface area contributed by atoms with Crippen molar-refractivity contribution in [3.8, 4) is 17.6 Å². The first-order valence-corrected chi connectivity index (χ1v) is 12.1. The van der Waals surface area contributed by atoms with Gasteiger partial charge in [0.25, 0.3) is 11.9 Å². The number of nitrogens with one attached hydrogen (secondary N) is 2. The molecule has 1 spiro atoms. The molecular formula is C28H26N4O5. The van der Waals surface area contributed by atoms with E-state index in [0.29, 0.717) is 40.5 Å². The molecule has 2 aliphatic heterocycles. The number of para-hydroxylation sites is 1. The summed E-state index contributed by atoms with van der Waals surface area (Å²) in [6, 6.07) is 20.1. The van der Waals surface area contributed by atoms with E-state index in [2.05, 4.69) is 16.7 Å². The molecule has 2 N–H and O–H groups in total. The summed E-state index contributed by atoms with van der Waals surface area (Å²) < 4.78 is 11.9. The first-order valence-electron chi connectivity index (χ1n) is 12.1. The van der Waals surface area contributed by atoms with E-state index in [1.165, 1.54) is 0 Å². The zero-order chi connectivity index (χ0) is 26.2. The quantitative estimate of drug-likeness (QED) is 0.371. The van der Waals surface area contributed by atoms with Gasteiger partial charge in [0.05, 0.1) is 24.2 Å². The molecule has 3 aromatic carbocycles. The molecule has 37 heavy (non-hydrogen) atoms. The van der Waals surface area contributed by atoms with Gasteiger partial charge in [0.15, 0.2) is 17.0 Å². The smallest absolute Gasteiger partial charge is 0.256 e. The number of anilines is 1. The second kappa shape index (κ2) is 9.56. The third-order valence-electron chi connectivity index (χ3n) is 7.14. The Kier molecular flexibility index (Phi) is 6.27. The zero-order valence-corrected chi connectivity index (χ0v) is 20.4. The number of fused-ring (bicyclic) bond motifs is 2. The highest BCUT2D eigenvalue weighted by molar-refractivity contribution is 6.07. The maximum Gasteiger partial charge on any atom is 0.256 e. The van der Waals surface area contributed by atoms with Crippen LogP contribution in [-0.4, -0.2) is 29.5 Å². The monoisotopic (exact) mass is 498 g/mol. The number of nitro groups is 1. The Labute approximate surface area is 214 Å². The standard InChI is InChI=1S/C28H26N4O5/c1-3-36-24-14-18(12-13-23(24)37-16-20-9-5-4-8-19(20)15-29)25-17(2)31-28(26(25)32(34)35)21-10-6-7-11-22(21)30-27(28)33/h4-14,17,25-26,31H,3,16H2,1-2H3,(H,30,33)/t17-,25-,26-,28+/m0/s1. The molecule has 1 amide bonds. The van der Waals surface area contributed by atoms with Crippen molar-refractivity contribution in [2.75, 3.05) is 11.9 Å². The minimum Gasteiger partial charge on any atom is -0.490 e. The Morgan fingerprint density at radius 1 is 1.08 bits per heavy atom. The highest BCUT2D eigenvalue weighted by atomic mass is 16.6. The number of rotatable bonds is 7. The minimum atomic E-state index is -1.48. The zero-order valence-electron chi connectivity index (χ0n) is 20.4. The molecule has 0 saturated carbocycles. The summed E-state index contributed by atoms with van der Waals surface area (Å²) >= 11 is 0. The summed E-state index contributed by atoms with van der Waals surface area (Å²) in [6.07, 6.45) is 0. The second-order valence-corrected chi connectivity index (χ2v) is 9.19. The SMILES string of the molecule is CCOc1cc([C@@H]2[C@H](C)N[C@@]3(C(=O)Nc4ccccc43)[C@H]2[N+](=O)[O-])ccc1OCc1ccccc1C#N. The minimum absolute atomic E-state index is 0.169. The summed E-state index contributed by atoms with van der Waals surface area (Å²) in [7, 11) is 0. The molecule has 5 rings (SSSR count). The van der Waals surface area contributed by atoms with Gasteiger partial charge in [0.2, 0.25) is 0 Å². The Balaban J connectivity index is 1.51. The van der Waals surface area contributed by atoms with Crippen LogP contribution in [0.25, 0.3) is 0 Å². The second-order valence-electron chi connectivity index (χ2n) is 9.19. The Morgan fingerprint density at radius 2 is 1.84 bits per heavy atom. The fourth-order valence-electron chi connectivity index (χ4n) is 5.58. The Morgan fingerprint density at radius 3 is 2.59 bits per heavy atom. The van der Waals surface area contributed by atoms with Crippen molar-refractivity contribution >= 4 is 11.6 Å². The number of benzene rings is 3. The lowest BCUT2D eigenvalue weighted by Crippen LogP contribution is -2.54. The van der Waals surface area contributed by atoms with Gasteiger partial charge >= 0.3 is 0 Å². The van der Waals surface area contributed by atoms with E-state index >= 15 is 0 Å². The molecular weight excluding hydrogens is 472 g/mol. The van der Waals surface area contributed by atoms with Gasteiger partial charge in [-0.05, 0) is 43.7 Å². The van der Waals surface area contributed by atoms with Crippen LogP contribution in [0.3, 0.4) is 0 Å². The molecule has 0 aromatic heterocycles. The Bertz CT molecular complexity index is 1420. The van der Waals surface area contributed by atoms with Crippen molar-refractivity contribution in [3.05, 3.63) is 99.1 Å². The van der Waals surface area contributed by atoms with Gasteiger partial charge in [-0.25, -0.2) is 0 Å². The van der Waals surface area contributed by atoms with Crippen LogP contribution >= 0.6 is 0 Å². The molecule has 2 aliphatic rings. The molecule has 0 bridgehead atoms.